The number of likely N-dealkylation sites (tertiary alicyclic amines) is 1. The highest BCUT2D eigenvalue weighted by Crippen LogP contribution is 2.21. The Morgan fingerprint density at radius 2 is 2.17 bits per heavy atom. The van der Waals surface area contributed by atoms with Crippen molar-refractivity contribution < 1.29 is 4.79 Å². The molecule has 1 saturated heterocycles. The van der Waals surface area contributed by atoms with E-state index in [9.17, 15) is 4.79 Å². The first-order chi connectivity index (χ1) is 11.7. The van der Waals surface area contributed by atoms with Crippen molar-refractivity contribution in [1.29, 1.82) is 0 Å². The largest absolute Gasteiger partial charge is 0.373 e. The molecule has 126 valence electrons. The van der Waals surface area contributed by atoms with Gasteiger partial charge in [-0.15, -0.1) is 0 Å². The van der Waals surface area contributed by atoms with Crippen LogP contribution in [-0.4, -0.2) is 47.0 Å². The number of aryl methyl sites for hydroxylation is 1. The van der Waals surface area contributed by atoms with E-state index < -0.39 is 0 Å². The Morgan fingerprint density at radius 1 is 1.29 bits per heavy atom. The fourth-order valence-electron chi connectivity index (χ4n) is 3.01. The van der Waals surface area contributed by atoms with E-state index >= 15 is 0 Å². The lowest BCUT2D eigenvalue weighted by molar-refractivity contribution is 0.0743. The monoisotopic (exact) mass is 325 g/mol. The van der Waals surface area contributed by atoms with Crippen LogP contribution in [0.2, 0.25) is 0 Å². The van der Waals surface area contributed by atoms with E-state index in [0.717, 1.165) is 36.7 Å². The molecule has 1 unspecified atom stereocenters. The van der Waals surface area contributed by atoms with Gasteiger partial charge >= 0.3 is 0 Å². The molecule has 0 saturated carbocycles. The number of anilines is 2. The van der Waals surface area contributed by atoms with E-state index in [1.165, 1.54) is 0 Å². The summed E-state index contributed by atoms with van der Waals surface area (Å²) in [6, 6.07) is 9.74. The van der Waals surface area contributed by atoms with Crippen molar-refractivity contribution in [2.45, 2.75) is 25.8 Å². The maximum atomic E-state index is 12.7. The minimum atomic E-state index is 0.0478. The average molecular weight is 325 g/mol. The van der Waals surface area contributed by atoms with Gasteiger partial charge in [0.1, 0.15) is 11.6 Å². The number of carbonyl (C=O) groups is 1. The highest BCUT2D eigenvalue weighted by Gasteiger charge is 2.29. The zero-order valence-corrected chi connectivity index (χ0v) is 14.1. The van der Waals surface area contributed by atoms with Gasteiger partial charge in [0.05, 0.1) is 5.56 Å². The number of aromatic nitrogens is 2. The van der Waals surface area contributed by atoms with Crippen LogP contribution >= 0.6 is 0 Å². The van der Waals surface area contributed by atoms with Gasteiger partial charge < -0.3 is 15.5 Å². The molecule has 0 spiro atoms. The molecule has 0 bridgehead atoms. The summed E-state index contributed by atoms with van der Waals surface area (Å²) in [5, 5.41) is 6.31. The van der Waals surface area contributed by atoms with E-state index in [4.69, 9.17) is 0 Å². The van der Waals surface area contributed by atoms with Crippen molar-refractivity contribution >= 4 is 17.5 Å². The third kappa shape index (κ3) is 3.64. The molecular weight excluding hydrogens is 302 g/mol. The molecule has 1 amide bonds. The molecule has 0 aromatic carbocycles. The predicted octanol–water partition coefficient (Wildman–Crippen LogP) is 2.54. The number of nitrogens with one attached hydrogen (secondary N) is 2. The van der Waals surface area contributed by atoms with Crippen LogP contribution in [0.3, 0.4) is 0 Å². The van der Waals surface area contributed by atoms with Gasteiger partial charge in [-0.2, -0.15) is 0 Å². The first-order valence-corrected chi connectivity index (χ1v) is 8.29. The molecule has 2 aromatic rings. The number of amides is 1. The van der Waals surface area contributed by atoms with Crippen LogP contribution < -0.4 is 10.6 Å². The Balaban J connectivity index is 1.64. The summed E-state index contributed by atoms with van der Waals surface area (Å²) in [7, 11) is 1.81. The van der Waals surface area contributed by atoms with Gasteiger partial charge in [-0.1, -0.05) is 6.07 Å². The molecule has 2 aromatic heterocycles. The summed E-state index contributed by atoms with van der Waals surface area (Å²) in [5.74, 6) is 1.66. The Kier molecular flexibility index (Phi) is 4.93. The summed E-state index contributed by atoms with van der Waals surface area (Å²) in [6.07, 6.45) is 3.67. The van der Waals surface area contributed by atoms with Crippen molar-refractivity contribution in [2.24, 2.45) is 0 Å². The van der Waals surface area contributed by atoms with Gasteiger partial charge in [0.25, 0.3) is 5.91 Å². The Labute approximate surface area is 142 Å². The number of hydrogen-bond acceptors (Lipinski definition) is 5. The third-order valence-electron chi connectivity index (χ3n) is 4.31. The molecule has 2 N–H and O–H groups in total. The lowest BCUT2D eigenvalue weighted by atomic mass is 10.2. The van der Waals surface area contributed by atoms with Crippen LogP contribution in [0.25, 0.3) is 0 Å². The summed E-state index contributed by atoms with van der Waals surface area (Å²) < 4.78 is 0. The lowest BCUT2D eigenvalue weighted by Crippen LogP contribution is -2.39. The first kappa shape index (κ1) is 16.2. The van der Waals surface area contributed by atoms with Gasteiger partial charge in [0, 0.05) is 38.1 Å². The molecule has 1 fully saturated rings. The van der Waals surface area contributed by atoms with E-state index in [2.05, 4.69) is 20.6 Å². The van der Waals surface area contributed by atoms with Crippen molar-refractivity contribution in [3.63, 3.8) is 0 Å². The molecule has 0 aliphatic carbocycles. The SMILES string of the molecule is CNc1ccc(C(=O)N2CCCC2CNc2cccc(C)n2)cn1. The highest BCUT2D eigenvalue weighted by molar-refractivity contribution is 5.94. The van der Waals surface area contributed by atoms with Crippen LogP contribution in [-0.2, 0) is 0 Å². The van der Waals surface area contributed by atoms with E-state index in [0.29, 0.717) is 12.1 Å². The van der Waals surface area contributed by atoms with E-state index in [-0.39, 0.29) is 11.9 Å². The second-order valence-electron chi connectivity index (χ2n) is 6.02. The molecule has 1 aliphatic heterocycles. The second-order valence-corrected chi connectivity index (χ2v) is 6.02. The maximum absolute atomic E-state index is 12.7. The number of nitrogens with zero attached hydrogens (tertiary/aromatic N) is 3. The molecule has 3 heterocycles. The fraction of sp³-hybridized carbons (Fsp3) is 0.389. The lowest BCUT2D eigenvalue weighted by Gasteiger charge is -2.25. The van der Waals surface area contributed by atoms with E-state index in [1.807, 2.05) is 49.2 Å². The average Bonchev–Trinajstić information content (AvgIpc) is 3.08. The zero-order chi connectivity index (χ0) is 16.9. The van der Waals surface area contributed by atoms with Gasteiger partial charge in [0.15, 0.2) is 0 Å². The predicted molar refractivity (Wildman–Crippen MR) is 95.3 cm³/mol. The number of carbonyl (C=O) groups excluding carboxylic acids is 1. The summed E-state index contributed by atoms with van der Waals surface area (Å²) in [6.45, 7) is 3.48. The van der Waals surface area contributed by atoms with E-state index in [1.54, 1.807) is 6.20 Å². The quantitative estimate of drug-likeness (QED) is 0.884. The van der Waals surface area contributed by atoms with Crippen molar-refractivity contribution in [2.75, 3.05) is 30.8 Å². The summed E-state index contributed by atoms with van der Waals surface area (Å²) in [5.41, 5.74) is 1.62. The number of hydrogen-bond donors (Lipinski definition) is 2. The minimum absolute atomic E-state index is 0.0478. The molecule has 3 rings (SSSR count). The summed E-state index contributed by atoms with van der Waals surface area (Å²) >= 11 is 0. The number of pyridine rings is 2. The highest BCUT2D eigenvalue weighted by atomic mass is 16.2. The molecule has 0 radical (unpaired) electrons. The Bertz CT molecular complexity index is 701. The van der Waals surface area contributed by atoms with Crippen molar-refractivity contribution in [3.8, 4) is 0 Å². The molecular formula is C18H23N5O. The standard InChI is InChI=1S/C18H23N5O/c1-13-5-3-7-17(22-13)21-12-15-6-4-10-23(15)18(24)14-8-9-16(19-2)20-11-14/h3,5,7-9,11,15H,4,6,10,12H2,1-2H3,(H,19,20)(H,21,22). The molecule has 1 atom stereocenters. The van der Waals surface area contributed by atoms with Crippen LogP contribution in [0.4, 0.5) is 11.6 Å². The van der Waals surface area contributed by atoms with Crippen LogP contribution in [0.15, 0.2) is 36.5 Å². The second kappa shape index (κ2) is 7.29. The topological polar surface area (TPSA) is 70.2 Å². The molecule has 6 nitrogen and oxygen atoms in total. The fourth-order valence-corrected chi connectivity index (χ4v) is 3.01. The Hall–Kier alpha value is -2.63. The van der Waals surface area contributed by atoms with Crippen LogP contribution in [0.1, 0.15) is 28.9 Å². The number of rotatable bonds is 5. The third-order valence-corrected chi connectivity index (χ3v) is 4.31. The normalized spacial score (nSPS) is 16.9. The Morgan fingerprint density at radius 3 is 2.88 bits per heavy atom. The summed E-state index contributed by atoms with van der Waals surface area (Å²) in [4.78, 5) is 23.4. The van der Waals surface area contributed by atoms with Gasteiger partial charge in [-0.25, -0.2) is 9.97 Å². The van der Waals surface area contributed by atoms with Crippen molar-refractivity contribution in [3.05, 3.63) is 47.8 Å². The molecule has 6 heteroatoms. The van der Waals surface area contributed by atoms with Gasteiger partial charge in [0.2, 0.25) is 0 Å². The van der Waals surface area contributed by atoms with Gasteiger partial charge in [-0.05, 0) is 44.0 Å². The zero-order valence-electron chi connectivity index (χ0n) is 14.1. The first-order valence-electron chi connectivity index (χ1n) is 8.29. The van der Waals surface area contributed by atoms with Crippen LogP contribution in [0.5, 0.6) is 0 Å². The smallest absolute Gasteiger partial charge is 0.255 e. The maximum Gasteiger partial charge on any atom is 0.255 e. The minimum Gasteiger partial charge on any atom is -0.373 e. The molecule has 1 aliphatic rings. The molecule has 24 heavy (non-hydrogen) atoms. The van der Waals surface area contributed by atoms with Crippen LogP contribution in [0, 0.1) is 6.92 Å². The van der Waals surface area contributed by atoms with Gasteiger partial charge in [-0.3, -0.25) is 4.79 Å². The van der Waals surface area contributed by atoms with Crippen molar-refractivity contribution in [1.82, 2.24) is 14.9 Å².